The first-order valence-electron chi connectivity index (χ1n) is 8.49. The minimum atomic E-state index is -0.740. The highest BCUT2D eigenvalue weighted by Crippen LogP contribution is 2.43. The molecule has 1 aromatic heterocycles. The summed E-state index contributed by atoms with van der Waals surface area (Å²) >= 11 is 0. The third-order valence-corrected chi connectivity index (χ3v) is 4.35. The van der Waals surface area contributed by atoms with Gasteiger partial charge in [-0.15, -0.1) is 0 Å². The maximum atomic E-state index is 12.3. The Bertz CT molecular complexity index is 812. The van der Waals surface area contributed by atoms with Crippen molar-refractivity contribution in [1.29, 1.82) is 0 Å². The molecule has 0 unspecified atom stereocenters. The summed E-state index contributed by atoms with van der Waals surface area (Å²) in [5, 5.41) is 0. The van der Waals surface area contributed by atoms with Crippen LogP contribution in [0.25, 0.3) is 0 Å². The normalized spacial score (nSPS) is 28.1. The number of aromatic amines is 1. The zero-order valence-electron chi connectivity index (χ0n) is 15.6. The Hall–Kier alpha value is -1.70. The van der Waals surface area contributed by atoms with Crippen molar-refractivity contribution in [2.75, 3.05) is 6.61 Å². The van der Waals surface area contributed by atoms with E-state index in [1.165, 1.54) is 4.57 Å². The minimum Gasteiger partial charge on any atom is -0.371 e. The van der Waals surface area contributed by atoms with E-state index in [0.717, 1.165) is 5.57 Å². The molecule has 7 heteroatoms. The Morgan fingerprint density at radius 1 is 1.28 bits per heavy atom. The first-order chi connectivity index (χ1) is 11.5. The second kappa shape index (κ2) is 5.93. The quantitative estimate of drug-likeness (QED) is 0.839. The number of nitrogens with one attached hydrogen (secondary N) is 1. The molecule has 138 valence electrons. The number of nitrogens with zero attached hydrogens (tertiary/aromatic N) is 1. The molecule has 0 saturated carbocycles. The lowest BCUT2D eigenvalue weighted by Crippen LogP contribution is -2.38. The molecule has 7 nitrogen and oxygen atoms in total. The number of ether oxygens (including phenoxy) is 3. The molecule has 0 bridgehead atoms. The van der Waals surface area contributed by atoms with Gasteiger partial charge in [0.25, 0.3) is 5.56 Å². The van der Waals surface area contributed by atoms with Crippen LogP contribution in [-0.4, -0.2) is 39.8 Å². The van der Waals surface area contributed by atoms with Crippen LogP contribution in [-0.2, 0) is 14.2 Å². The molecule has 1 N–H and O–H groups in total. The van der Waals surface area contributed by atoms with E-state index in [2.05, 4.69) is 4.98 Å². The molecule has 1 aromatic rings. The predicted octanol–water partition coefficient (Wildman–Crippen LogP) is 1.66. The molecule has 2 aliphatic rings. The van der Waals surface area contributed by atoms with Crippen molar-refractivity contribution in [3.63, 3.8) is 0 Å². The summed E-state index contributed by atoms with van der Waals surface area (Å²) in [7, 11) is 0. The summed E-state index contributed by atoms with van der Waals surface area (Å²) < 4.78 is 19.5. The summed E-state index contributed by atoms with van der Waals surface area (Å²) in [6, 6.07) is -0.353. The Kier molecular flexibility index (Phi) is 4.29. The van der Waals surface area contributed by atoms with Crippen LogP contribution in [0.2, 0.25) is 0 Å². The molecule has 3 atom stereocenters. The fraction of sp³-hybridized carbons (Fsp3) is 0.667. The van der Waals surface area contributed by atoms with Crippen molar-refractivity contribution < 1.29 is 14.2 Å². The van der Waals surface area contributed by atoms with E-state index in [1.54, 1.807) is 13.1 Å². The highest BCUT2D eigenvalue weighted by Gasteiger charge is 2.50. The fourth-order valence-corrected chi connectivity index (χ4v) is 3.21. The lowest BCUT2D eigenvalue weighted by Gasteiger charge is -2.23. The van der Waals surface area contributed by atoms with Gasteiger partial charge in [0.2, 0.25) is 0 Å². The Morgan fingerprint density at radius 3 is 2.60 bits per heavy atom. The molecule has 0 spiro atoms. The van der Waals surface area contributed by atoms with E-state index >= 15 is 0 Å². The number of hydrogen-bond acceptors (Lipinski definition) is 5. The highest BCUT2D eigenvalue weighted by atomic mass is 16.8. The minimum absolute atomic E-state index is 0.276. The Balaban J connectivity index is 1.98. The van der Waals surface area contributed by atoms with E-state index in [1.807, 2.05) is 40.7 Å². The smallest absolute Gasteiger partial charge is 0.328 e. The lowest BCUT2D eigenvalue weighted by atomic mass is 10.1. The van der Waals surface area contributed by atoms with Gasteiger partial charge in [-0.25, -0.2) is 4.79 Å². The topological polar surface area (TPSA) is 82.6 Å². The van der Waals surface area contributed by atoms with E-state index in [-0.39, 0.29) is 29.4 Å². The summed E-state index contributed by atoms with van der Waals surface area (Å²) in [5.74, 6) is -0.740. The van der Waals surface area contributed by atoms with Crippen LogP contribution in [0, 0.1) is 6.92 Å². The zero-order valence-corrected chi connectivity index (χ0v) is 15.6. The van der Waals surface area contributed by atoms with Gasteiger partial charge in [-0.1, -0.05) is 6.08 Å². The van der Waals surface area contributed by atoms with Crippen molar-refractivity contribution >= 4 is 0 Å². The summed E-state index contributed by atoms with van der Waals surface area (Å²) in [4.78, 5) is 26.3. The van der Waals surface area contributed by atoms with Crippen LogP contribution >= 0.6 is 0 Å². The molecule has 1 aliphatic heterocycles. The van der Waals surface area contributed by atoms with Crippen LogP contribution in [0.4, 0.5) is 0 Å². The molecule has 1 aliphatic carbocycles. The van der Waals surface area contributed by atoms with Gasteiger partial charge in [0.05, 0.1) is 18.2 Å². The zero-order chi connectivity index (χ0) is 18.6. The summed E-state index contributed by atoms with van der Waals surface area (Å²) in [5.41, 5.74) is 0.310. The third kappa shape index (κ3) is 3.63. The Labute approximate surface area is 146 Å². The predicted molar refractivity (Wildman–Crippen MR) is 92.7 cm³/mol. The molecule has 2 heterocycles. The second-order valence-electron chi connectivity index (χ2n) is 8.13. The Morgan fingerprint density at radius 2 is 1.96 bits per heavy atom. The first kappa shape index (κ1) is 18.1. The average molecular weight is 350 g/mol. The van der Waals surface area contributed by atoms with Gasteiger partial charge in [-0.3, -0.25) is 14.3 Å². The van der Waals surface area contributed by atoms with Gasteiger partial charge in [-0.05, 0) is 47.1 Å². The largest absolute Gasteiger partial charge is 0.371 e. The highest BCUT2D eigenvalue weighted by molar-refractivity contribution is 5.26. The molecule has 1 fully saturated rings. The molecule has 0 aromatic carbocycles. The number of rotatable bonds is 3. The van der Waals surface area contributed by atoms with Crippen molar-refractivity contribution in [2.45, 2.75) is 71.2 Å². The van der Waals surface area contributed by atoms with E-state index < -0.39 is 11.5 Å². The molecule has 1 saturated heterocycles. The summed E-state index contributed by atoms with van der Waals surface area (Å²) in [6.45, 7) is 11.7. The molecular formula is C18H26N2O5. The van der Waals surface area contributed by atoms with Gasteiger partial charge < -0.3 is 14.2 Å². The van der Waals surface area contributed by atoms with Crippen molar-refractivity contribution in [3.8, 4) is 0 Å². The molecule has 0 radical (unpaired) electrons. The molecule has 25 heavy (non-hydrogen) atoms. The van der Waals surface area contributed by atoms with E-state index in [4.69, 9.17) is 14.2 Å². The van der Waals surface area contributed by atoms with Crippen LogP contribution in [0.1, 0.15) is 46.2 Å². The van der Waals surface area contributed by atoms with Crippen LogP contribution < -0.4 is 11.2 Å². The number of aryl methyl sites for hydroxylation is 1. The second-order valence-corrected chi connectivity index (χ2v) is 8.13. The number of hydrogen-bond donors (Lipinski definition) is 1. The monoisotopic (exact) mass is 350 g/mol. The van der Waals surface area contributed by atoms with Crippen molar-refractivity contribution in [3.05, 3.63) is 44.2 Å². The summed E-state index contributed by atoms with van der Waals surface area (Å²) in [6.07, 6.45) is 2.91. The maximum Gasteiger partial charge on any atom is 0.328 e. The first-order valence-corrected chi connectivity index (χ1v) is 8.49. The average Bonchev–Trinajstić information content (AvgIpc) is 2.93. The van der Waals surface area contributed by atoms with Gasteiger partial charge in [0.1, 0.15) is 12.2 Å². The third-order valence-electron chi connectivity index (χ3n) is 4.35. The van der Waals surface area contributed by atoms with Gasteiger partial charge in [0, 0.05) is 11.8 Å². The number of fused-ring (bicyclic) bond motifs is 1. The maximum absolute atomic E-state index is 12.3. The molecule has 3 rings (SSSR count). The van der Waals surface area contributed by atoms with Crippen LogP contribution in [0.15, 0.2) is 27.4 Å². The number of aromatic nitrogens is 2. The van der Waals surface area contributed by atoms with Crippen LogP contribution in [0.3, 0.4) is 0 Å². The molecular weight excluding hydrogens is 324 g/mol. The van der Waals surface area contributed by atoms with E-state index in [9.17, 15) is 9.59 Å². The van der Waals surface area contributed by atoms with Gasteiger partial charge in [0.15, 0.2) is 5.79 Å². The van der Waals surface area contributed by atoms with Gasteiger partial charge >= 0.3 is 5.69 Å². The number of H-pyrrole nitrogens is 1. The van der Waals surface area contributed by atoms with Crippen LogP contribution in [0.5, 0.6) is 0 Å². The van der Waals surface area contributed by atoms with Crippen molar-refractivity contribution in [1.82, 2.24) is 9.55 Å². The standard InChI is InChI=1S/C18H26N2O5/c1-10-8-20(16(22)19-15(10)21)12-7-11(9-23-17(2,3)4)13-14(12)25-18(5,6)24-13/h7-8,12-14H,9H2,1-6H3,(H,19,21,22)/t12-,13-,14+/m0/s1. The van der Waals surface area contributed by atoms with E-state index in [0.29, 0.717) is 12.2 Å². The van der Waals surface area contributed by atoms with Gasteiger partial charge in [-0.2, -0.15) is 0 Å². The fourth-order valence-electron chi connectivity index (χ4n) is 3.21. The van der Waals surface area contributed by atoms with Crippen molar-refractivity contribution in [2.24, 2.45) is 0 Å². The SMILES string of the molecule is Cc1cn([C@H]2C=C(COC(C)(C)C)[C@@H]3OC(C)(C)O[C@@H]32)c(=O)[nH]c1=O. The molecule has 0 amide bonds. The lowest BCUT2D eigenvalue weighted by molar-refractivity contribution is -0.148.